The van der Waals surface area contributed by atoms with Crippen LogP contribution in [-0.4, -0.2) is 60.4 Å². The Bertz CT molecular complexity index is 708. The number of aliphatic hydroxyl groups is 1. The van der Waals surface area contributed by atoms with Crippen LogP contribution in [0.2, 0.25) is 0 Å². The molecule has 0 spiro atoms. The maximum atomic E-state index is 12.7. The maximum absolute atomic E-state index is 12.7. The summed E-state index contributed by atoms with van der Waals surface area (Å²) in [5, 5.41) is 16.3. The Morgan fingerprint density at radius 3 is 2.92 bits per heavy atom. The Morgan fingerprint density at radius 1 is 1.32 bits per heavy atom. The topological polar surface area (TPSA) is 100 Å². The average molecular weight is 347 g/mol. The molecular weight excluding hydrogens is 326 g/mol. The van der Waals surface area contributed by atoms with Crippen LogP contribution in [0.25, 0.3) is 0 Å². The second-order valence-electron chi connectivity index (χ2n) is 6.60. The van der Waals surface area contributed by atoms with Gasteiger partial charge < -0.3 is 30.1 Å². The van der Waals surface area contributed by atoms with E-state index in [2.05, 4.69) is 10.6 Å². The number of fused-ring (bicyclic) bond motifs is 2. The summed E-state index contributed by atoms with van der Waals surface area (Å²) in [5.74, 6) is 0.868. The molecule has 134 valence electrons. The molecular formula is C17H21N3O5. The lowest BCUT2D eigenvalue weighted by atomic mass is 9.96. The van der Waals surface area contributed by atoms with Gasteiger partial charge in [-0.2, -0.15) is 0 Å². The Hall–Kier alpha value is -2.32. The number of ketones is 1. The van der Waals surface area contributed by atoms with Gasteiger partial charge >= 0.3 is 0 Å². The van der Waals surface area contributed by atoms with Crippen molar-refractivity contribution in [3.8, 4) is 11.5 Å². The number of ether oxygens (including phenoxy) is 2. The van der Waals surface area contributed by atoms with Crippen molar-refractivity contribution in [2.45, 2.75) is 31.4 Å². The molecule has 1 aromatic carbocycles. The summed E-state index contributed by atoms with van der Waals surface area (Å²) in [7, 11) is 0. The molecule has 3 aliphatic rings. The number of nitrogens with one attached hydrogen (secondary N) is 2. The van der Waals surface area contributed by atoms with Crippen molar-refractivity contribution in [1.82, 2.24) is 10.2 Å². The average Bonchev–Trinajstić information content (AvgIpc) is 3.05. The number of hydrogen-bond donors (Lipinski definition) is 3. The minimum atomic E-state index is -0.506. The molecule has 0 aliphatic carbocycles. The van der Waals surface area contributed by atoms with Crippen molar-refractivity contribution in [3.05, 3.63) is 17.7 Å². The minimum absolute atomic E-state index is 0.0185. The first-order valence-electron chi connectivity index (χ1n) is 8.52. The molecule has 4 rings (SSSR count). The second kappa shape index (κ2) is 6.53. The highest BCUT2D eigenvalue weighted by atomic mass is 16.7. The zero-order valence-electron chi connectivity index (χ0n) is 13.8. The van der Waals surface area contributed by atoms with Gasteiger partial charge in [-0.15, -0.1) is 0 Å². The zero-order valence-corrected chi connectivity index (χ0v) is 13.8. The molecule has 3 heterocycles. The Labute approximate surface area is 145 Å². The highest BCUT2D eigenvalue weighted by molar-refractivity contribution is 6.03. The fraction of sp³-hybridized carbons (Fsp3) is 0.529. The van der Waals surface area contributed by atoms with Gasteiger partial charge in [-0.05, 0) is 25.5 Å². The molecule has 1 saturated heterocycles. The highest BCUT2D eigenvalue weighted by Crippen LogP contribution is 2.38. The van der Waals surface area contributed by atoms with Gasteiger partial charge in [-0.25, -0.2) is 0 Å². The van der Waals surface area contributed by atoms with Crippen molar-refractivity contribution >= 4 is 17.4 Å². The van der Waals surface area contributed by atoms with Gasteiger partial charge in [0, 0.05) is 18.5 Å². The maximum Gasteiger partial charge on any atom is 0.257 e. The number of rotatable bonds is 4. The molecule has 8 heteroatoms. The smallest absolute Gasteiger partial charge is 0.257 e. The lowest BCUT2D eigenvalue weighted by Gasteiger charge is -2.31. The standard InChI is InChI=1S/C17H21N3O5/c21-10(4-13-14(22)2-1-3-18-13)7-20-8-19-12-6-16-15(24-9-25-16)5-11(12)17(20)23/h5-6,13-14,18-19,22H,1-4,7-9H2/t13-,14?/m1/s1. The quantitative estimate of drug-likeness (QED) is 0.721. The molecule has 1 unspecified atom stereocenters. The van der Waals surface area contributed by atoms with Crippen LogP contribution in [0.15, 0.2) is 12.1 Å². The first-order chi connectivity index (χ1) is 12.1. The van der Waals surface area contributed by atoms with Crippen molar-refractivity contribution < 1.29 is 24.2 Å². The van der Waals surface area contributed by atoms with E-state index in [1.165, 1.54) is 4.90 Å². The molecule has 0 saturated carbocycles. The summed E-state index contributed by atoms with van der Waals surface area (Å²) in [4.78, 5) is 26.5. The third kappa shape index (κ3) is 3.14. The van der Waals surface area contributed by atoms with Crippen molar-refractivity contribution in [2.75, 3.05) is 31.9 Å². The number of benzene rings is 1. The normalized spacial score (nSPS) is 24.7. The van der Waals surface area contributed by atoms with Gasteiger partial charge in [0.05, 0.1) is 30.6 Å². The Balaban J connectivity index is 1.42. The number of carbonyl (C=O) groups is 2. The highest BCUT2D eigenvalue weighted by Gasteiger charge is 2.31. The summed E-state index contributed by atoms with van der Waals surface area (Å²) >= 11 is 0. The van der Waals surface area contributed by atoms with E-state index < -0.39 is 6.10 Å². The van der Waals surface area contributed by atoms with Gasteiger partial charge in [0.2, 0.25) is 6.79 Å². The lowest BCUT2D eigenvalue weighted by Crippen LogP contribution is -2.48. The number of carbonyl (C=O) groups excluding carboxylic acids is 2. The van der Waals surface area contributed by atoms with Gasteiger partial charge in [-0.1, -0.05) is 0 Å². The minimum Gasteiger partial charge on any atom is -0.454 e. The molecule has 25 heavy (non-hydrogen) atoms. The molecule has 3 N–H and O–H groups in total. The van der Waals surface area contributed by atoms with Crippen molar-refractivity contribution in [3.63, 3.8) is 0 Å². The number of nitrogens with zero attached hydrogens (tertiary/aromatic N) is 1. The van der Waals surface area contributed by atoms with Gasteiger partial charge in [0.1, 0.15) is 0 Å². The fourth-order valence-corrected chi connectivity index (χ4v) is 3.48. The van der Waals surface area contributed by atoms with E-state index >= 15 is 0 Å². The third-order valence-corrected chi connectivity index (χ3v) is 4.85. The van der Waals surface area contributed by atoms with Crippen LogP contribution in [0.3, 0.4) is 0 Å². The summed E-state index contributed by atoms with van der Waals surface area (Å²) < 4.78 is 10.6. The first-order valence-corrected chi connectivity index (χ1v) is 8.52. The first kappa shape index (κ1) is 16.2. The fourth-order valence-electron chi connectivity index (χ4n) is 3.48. The van der Waals surface area contributed by atoms with Crippen molar-refractivity contribution in [1.29, 1.82) is 0 Å². The van der Waals surface area contributed by atoms with E-state index in [-0.39, 0.29) is 44.2 Å². The predicted molar refractivity (Wildman–Crippen MR) is 88.7 cm³/mol. The van der Waals surface area contributed by atoms with Gasteiger partial charge in [-0.3, -0.25) is 9.59 Å². The molecule has 2 atom stereocenters. The van der Waals surface area contributed by atoms with Crippen molar-refractivity contribution in [2.24, 2.45) is 0 Å². The van der Waals surface area contributed by atoms with Crippen LogP contribution in [0.5, 0.6) is 11.5 Å². The van der Waals surface area contributed by atoms with Gasteiger partial charge in [0.25, 0.3) is 5.91 Å². The van der Waals surface area contributed by atoms with E-state index in [4.69, 9.17) is 9.47 Å². The van der Waals surface area contributed by atoms with Crippen LogP contribution < -0.4 is 20.1 Å². The summed E-state index contributed by atoms with van der Waals surface area (Å²) in [6, 6.07) is 3.17. The van der Waals surface area contributed by atoms with Gasteiger partial charge in [0.15, 0.2) is 17.3 Å². The largest absolute Gasteiger partial charge is 0.454 e. The van der Waals surface area contributed by atoms with Crippen LogP contribution in [-0.2, 0) is 4.79 Å². The third-order valence-electron chi connectivity index (χ3n) is 4.85. The molecule has 1 fully saturated rings. The lowest BCUT2D eigenvalue weighted by molar-refractivity contribution is -0.121. The zero-order chi connectivity index (χ0) is 17.4. The monoisotopic (exact) mass is 347 g/mol. The predicted octanol–water partition coefficient (Wildman–Crippen LogP) is 0.313. The molecule has 3 aliphatic heterocycles. The number of aliphatic hydroxyl groups excluding tert-OH is 1. The number of anilines is 1. The van der Waals surface area contributed by atoms with E-state index in [1.54, 1.807) is 12.1 Å². The van der Waals surface area contributed by atoms with E-state index in [0.717, 1.165) is 13.0 Å². The molecule has 1 amide bonds. The number of hydrogen-bond acceptors (Lipinski definition) is 7. The summed E-state index contributed by atoms with van der Waals surface area (Å²) in [6.07, 6.45) is 1.33. The van der Waals surface area contributed by atoms with Crippen LogP contribution in [0.4, 0.5) is 5.69 Å². The molecule has 0 aromatic heterocycles. The van der Waals surface area contributed by atoms with E-state index in [1.807, 2.05) is 0 Å². The van der Waals surface area contributed by atoms with Crippen LogP contribution >= 0.6 is 0 Å². The molecule has 8 nitrogen and oxygen atoms in total. The summed E-state index contributed by atoms with van der Waals surface area (Å²) in [5.41, 5.74) is 1.15. The number of piperidine rings is 1. The Kier molecular flexibility index (Phi) is 4.22. The number of amides is 1. The van der Waals surface area contributed by atoms with E-state index in [0.29, 0.717) is 29.2 Å². The molecule has 0 radical (unpaired) electrons. The van der Waals surface area contributed by atoms with Crippen LogP contribution in [0.1, 0.15) is 29.6 Å². The number of Topliss-reactive ketones (excluding diaryl/α,β-unsaturated/α-hetero) is 1. The van der Waals surface area contributed by atoms with E-state index in [9.17, 15) is 14.7 Å². The summed E-state index contributed by atoms with van der Waals surface area (Å²) in [6.45, 7) is 1.23. The molecule has 1 aromatic rings. The molecule has 0 bridgehead atoms. The SMILES string of the molecule is O=C(C[C@H]1NCCCC1O)CN1CNc2cc3c(cc2C1=O)OCO3. The Morgan fingerprint density at radius 2 is 2.12 bits per heavy atom. The van der Waals surface area contributed by atoms with Crippen LogP contribution in [0, 0.1) is 0 Å². The second-order valence-corrected chi connectivity index (χ2v) is 6.60.